The van der Waals surface area contributed by atoms with Crippen LogP contribution in [0.3, 0.4) is 0 Å². The monoisotopic (exact) mass is 371 g/mol. The van der Waals surface area contributed by atoms with E-state index in [-0.39, 0.29) is 10.8 Å². The molecule has 1 unspecified atom stereocenters. The van der Waals surface area contributed by atoms with Crippen LogP contribution in [0.15, 0.2) is 18.2 Å². The van der Waals surface area contributed by atoms with E-state index in [0.717, 1.165) is 12.5 Å². The molecule has 1 atom stereocenters. The lowest BCUT2D eigenvalue weighted by atomic mass is 10.2. The van der Waals surface area contributed by atoms with Gasteiger partial charge in [0, 0.05) is 17.6 Å². The minimum Gasteiger partial charge on any atom is -0.380 e. The van der Waals surface area contributed by atoms with E-state index in [1.807, 2.05) is 0 Å². The molecule has 0 spiro atoms. The van der Waals surface area contributed by atoms with E-state index in [2.05, 4.69) is 0 Å². The smallest absolute Gasteiger partial charge is 0.306 e. The van der Waals surface area contributed by atoms with Crippen molar-refractivity contribution in [2.75, 3.05) is 24.0 Å². The number of halogens is 1. The standard InChI is InChI=1S/C12H18ClNO6S2/c1-5-14(9(2)19-21(3,15)16)11-7-6-10(13)8-12(11)20-22(4,17)18/h6-9H,5H2,1-4H3. The third-order valence-electron chi connectivity index (χ3n) is 2.57. The lowest BCUT2D eigenvalue weighted by Crippen LogP contribution is -2.36. The van der Waals surface area contributed by atoms with Crippen molar-refractivity contribution in [3.63, 3.8) is 0 Å². The topological polar surface area (TPSA) is 90.0 Å². The summed E-state index contributed by atoms with van der Waals surface area (Å²) in [6, 6.07) is 4.42. The Balaban J connectivity index is 3.26. The summed E-state index contributed by atoms with van der Waals surface area (Å²) >= 11 is 5.86. The molecular formula is C12H18ClNO6S2. The van der Waals surface area contributed by atoms with Gasteiger partial charge in [-0.3, -0.25) is 0 Å². The van der Waals surface area contributed by atoms with Crippen molar-refractivity contribution in [3.05, 3.63) is 23.2 Å². The molecule has 0 N–H and O–H groups in total. The molecule has 0 aliphatic carbocycles. The largest absolute Gasteiger partial charge is 0.380 e. The number of anilines is 1. The molecule has 0 saturated carbocycles. The van der Waals surface area contributed by atoms with E-state index >= 15 is 0 Å². The first-order valence-corrected chi connectivity index (χ1v) is 10.3. The van der Waals surface area contributed by atoms with E-state index < -0.39 is 26.5 Å². The molecule has 1 aromatic rings. The molecule has 0 aliphatic rings. The second kappa shape index (κ2) is 7.03. The predicted octanol–water partition coefficient (Wildman–Crippen LogP) is 1.83. The van der Waals surface area contributed by atoms with Gasteiger partial charge >= 0.3 is 10.1 Å². The number of nitrogens with zero attached hydrogens (tertiary/aromatic N) is 1. The maximum atomic E-state index is 11.4. The van der Waals surface area contributed by atoms with E-state index in [9.17, 15) is 16.8 Å². The average Bonchev–Trinajstić information content (AvgIpc) is 2.28. The van der Waals surface area contributed by atoms with Crippen LogP contribution in [0.4, 0.5) is 5.69 Å². The minimum atomic E-state index is -3.76. The van der Waals surface area contributed by atoms with Crippen molar-refractivity contribution in [1.29, 1.82) is 0 Å². The van der Waals surface area contributed by atoms with Gasteiger partial charge in [0.25, 0.3) is 10.1 Å². The van der Waals surface area contributed by atoms with Crippen LogP contribution < -0.4 is 9.08 Å². The second-order valence-corrected chi connectivity index (χ2v) is 8.20. The molecule has 22 heavy (non-hydrogen) atoms. The van der Waals surface area contributed by atoms with Crippen molar-refractivity contribution in [1.82, 2.24) is 0 Å². The molecule has 0 radical (unpaired) electrons. The highest BCUT2D eigenvalue weighted by Crippen LogP contribution is 2.33. The molecule has 10 heteroatoms. The molecule has 1 rings (SSSR count). The fraction of sp³-hybridized carbons (Fsp3) is 0.500. The summed E-state index contributed by atoms with van der Waals surface area (Å²) in [5.41, 5.74) is 0.355. The maximum Gasteiger partial charge on any atom is 0.306 e. The van der Waals surface area contributed by atoms with E-state index in [1.165, 1.54) is 24.0 Å². The zero-order chi connectivity index (χ0) is 17.1. The highest BCUT2D eigenvalue weighted by atomic mass is 35.5. The Morgan fingerprint density at radius 3 is 2.23 bits per heavy atom. The molecule has 0 fully saturated rings. The Labute approximate surface area is 136 Å². The fourth-order valence-electron chi connectivity index (χ4n) is 1.88. The number of hydrogen-bond acceptors (Lipinski definition) is 7. The first-order chi connectivity index (χ1) is 9.93. The molecule has 0 heterocycles. The van der Waals surface area contributed by atoms with Crippen LogP contribution in [0, 0.1) is 0 Å². The molecule has 0 aromatic heterocycles. The van der Waals surface area contributed by atoms with Crippen LogP contribution in [0.5, 0.6) is 5.75 Å². The maximum absolute atomic E-state index is 11.4. The van der Waals surface area contributed by atoms with Crippen molar-refractivity contribution >= 4 is 37.5 Å². The highest BCUT2D eigenvalue weighted by Gasteiger charge is 2.22. The van der Waals surface area contributed by atoms with Crippen LogP contribution in [-0.2, 0) is 24.4 Å². The Morgan fingerprint density at radius 1 is 1.18 bits per heavy atom. The van der Waals surface area contributed by atoms with Crippen molar-refractivity contribution in [2.24, 2.45) is 0 Å². The summed E-state index contributed by atoms with van der Waals surface area (Å²) in [6.45, 7) is 3.66. The highest BCUT2D eigenvalue weighted by molar-refractivity contribution is 7.86. The summed E-state index contributed by atoms with van der Waals surface area (Å²) in [5.74, 6) is 0.000742. The second-order valence-electron chi connectivity index (χ2n) is 4.59. The molecular weight excluding hydrogens is 354 g/mol. The van der Waals surface area contributed by atoms with Crippen molar-refractivity contribution < 1.29 is 25.2 Å². The first kappa shape index (κ1) is 19.0. The van der Waals surface area contributed by atoms with Gasteiger partial charge < -0.3 is 9.08 Å². The van der Waals surface area contributed by atoms with Gasteiger partial charge in [0.1, 0.15) is 6.23 Å². The number of benzene rings is 1. The SMILES string of the molecule is CCN(c1ccc(Cl)cc1OS(C)(=O)=O)C(C)OS(C)(=O)=O. The third kappa shape index (κ3) is 5.99. The summed E-state index contributed by atoms with van der Waals surface area (Å²) in [7, 11) is -7.43. The number of hydrogen-bond donors (Lipinski definition) is 0. The molecule has 1 aromatic carbocycles. The normalized spacial score (nSPS) is 13.7. The minimum absolute atomic E-state index is 0.000742. The molecule has 0 saturated heterocycles. The lowest BCUT2D eigenvalue weighted by molar-refractivity contribution is 0.225. The average molecular weight is 372 g/mol. The summed E-state index contributed by atoms with van der Waals surface area (Å²) in [6.07, 6.45) is 1.00. The zero-order valence-corrected chi connectivity index (χ0v) is 15.0. The Morgan fingerprint density at radius 2 is 1.77 bits per heavy atom. The summed E-state index contributed by atoms with van der Waals surface area (Å²) < 4.78 is 55.1. The number of rotatable bonds is 7. The van der Waals surface area contributed by atoms with Crippen LogP contribution in [0.25, 0.3) is 0 Å². The van der Waals surface area contributed by atoms with Gasteiger partial charge in [-0.05, 0) is 26.0 Å². The van der Waals surface area contributed by atoms with Crippen LogP contribution in [-0.4, -0.2) is 42.1 Å². The van der Waals surface area contributed by atoms with Crippen molar-refractivity contribution in [3.8, 4) is 5.75 Å². The van der Waals surface area contributed by atoms with Gasteiger partial charge in [-0.1, -0.05) is 11.6 Å². The Bertz CT molecular complexity index is 732. The van der Waals surface area contributed by atoms with Gasteiger partial charge in [0.15, 0.2) is 5.75 Å². The van der Waals surface area contributed by atoms with Gasteiger partial charge in [-0.2, -0.15) is 16.8 Å². The Kier molecular flexibility index (Phi) is 6.08. The van der Waals surface area contributed by atoms with Crippen LogP contribution in [0.1, 0.15) is 13.8 Å². The van der Waals surface area contributed by atoms with Gasteiger partial charge in [0.05, 0.1) is 18.2 Å². The molecule has 0 bridgehead atoms. The zero-order valence-electron chi connectivity index (χ0n) is 12.6. The third-order valence-corrected chi connectivity index (χ3v) is 3.91. The molecule has 7 nitrogen and oxygen atoms in total. The quantitative estimate of drug-likeness (QED) is 0.533. The lowest BCUT2D eigenvalue weighted by Gasteiger charge is -2.30. The molecule has 0 aliphatic heterocycles. The Hall–Kier alpha value is -1.03. The van der Waals surface area contributed by atoms with E-state index in [1.54, 1.807) is 13.0 Å². The summed E-state index contributed by atoms with van der Waals surface area (Å²) in [5, 5.41) is 0.287. The van der Waals surface area contributed by atoms with E-state index in [0.29, 0.717) is 12.2 Å². The van der Waals surface area contributed by atoms with Gasteiger partial charge in [-0.25, -0.2) is 4.18 Å². The first-order valence-electron chi connectivity index (χ1n) is 6.27. The molecule has 126 valence electrons. The van der Waals surface area contributed by atoms with Gasteiger partial charge in [0.2, 0.25) is 0 Å². The van der Waals surface area contributed by atoms with Crippen molar-refractivity contribution in [2.45, 2.75) is 20.1 Å². The van der Waals surface area contributed by atoms with Gasteiger partial charge in [-0.15, -0.1) is 0 Å². The van der Waals surface area contributed by atoms with Crippen LogP contribution in [0.2, 0.25) is 5.02 Å². The molecule has 0 amide bonds. The summed E-state index contributed by atoms with van der Waals surface area (Å²) in [4.78, 5) is 1.54. The van der Waals surface area contributed by atoms with Crippen LogP contribution >= 0.6 is 11.6 Å². The predicted molar refractivity (Wildman–Crippen MR) is 85.3 cm³/mol. The van der Waals surface area contributed by atoms with E-state index in [4.69, 9.17) is 20.0 Å². The fourth-order valence-corrected chi connectivity index (χ4v) is 3.11.